The van der Waals surface area contributed by atoms with Gasteiger partial charge in [-0.25, -0.2) is 9.67 Å². The first-order chi connectivity index (χ1) is 13.6. The molecule has 144 valence electrons. The number of benzene rings is 2. The quantitative estimate of drug-likeness (QED) is 0.704. The maximum atomic E-state index is 12.9. The predicted octanol–water partition coefficient (Wildman–Crippen LogP) is 2.84. The van der Waals surface area contributed by atoms with Crippen LogP contribution in [0, 0.1) is 13.8 Å². The lowest BCUT2D eigenvalue weighted by molar-refractivity contribution is 0.0616. The van der Waals surface area contributed by atoms with Crippen LogP contribution in [0.1, 0.15) is 27.6 Å². The van der Waals surface area contributed by atoms with E-state index in [-0.39, 0.29) is 11.7 Å². The molecule has 6 nitrogen and oxygen atoms in total. The molecule has 0 aliphatic carbocycles. The first kappa shape index (κ1) is 18.4. The normalized spacial score (nSPS) is 15.0. The summed E-state index contributed by atoms with van der Waals surface area (Å²) in [7, 11) is 0. The van der Waals surface area contributed by atoms with Gasteiger partial charge in [-0.2, -0.15) is 0 Å². The van der Waals surface area contributed by atoms with Gasteiger partial charge < -0.3 is 4.90 Å². The molecule has 0 radical (unpaired) electrons. The van der Waals surface area contributed by atoms with Gasteiger partial charge in [0.1, 0.15) is 5.82 Å². The fourth-order valence-corrected chi connectivity index (χ4v) is 3.50. The van der Waals surface area contributed by atoms with E-state index in [1.807, 2.05) is 42.2 Å². The van der Waals surface area contributed by atoms with Crippen molar-refractivity contribution >= 4 is 5.91 Å². The maximum Gasteiger partial charge on any atom is 0.293 e. The van der Waals surface area contributed by atoms with Gasteiger partial charge in [0.25, 0.3) is 5.91 Å². The number of amides is 1. The molecule has 0 N–H and O–H groups in total. The fraction of sp³-hybridized carbons (Fsp3) is 0.318. The molecular weight excluding hydrogens is 350 g/mol. The van der Waals surface area contributed by atoms with Gasteiger partial charge in [-0.1, -0.05) is 48.0 Å². The van der Waals surface area contributed by atoms with Gasteiger partial charge in [-0.15, -0.1) is 5.10 Å². The van der Waals surface area contributed by atoms with E-state index in [0.29, 0.717) is 18.9 Å². The summed E-state index contributed by atoms with van der Waals surface area (Å²) in [6, 6.07) is 18.4. The number of rotatable bonds is 4. The van der Waals surface area contributed by atoms with Crippen LogP contribution in [-0.2, 0) is 6.54 Å². The van der Waals surface area contributed by atoms with E-state index in [1.54, 1.807) is 4.68 Å². The van der Waals surface area contributed by atoms with Crippen LogP contribution in [0.4, 0.5) is 0 Å². The second kappa shape index (κ2) is 7.94. The molecule has 1 aliphatic heterocycles. The molecule has 2 heterocycles. The average Bonchev–Trinajstić information content (AvgIpc) is 3.12. The average molecular weight is 375 g/mol. The Bertz CT molecular complexity index is 941. The van der Waals surface area contributed by atoms with Gasteiger partial charge in [0.05, 0.1) is 5.69 Å². The van der Waals surface area contributed by atoms with Crippen LogP contribution in [0.15, 0.2) is 54.6 Å². The molecule has 3 aromatic rings. The van der Waals surface area contributed by atoms with E-state index in [4.69, 9.17) is 0 Å². The summed E-state index contributed by atoms with van der Waals surface area (Å²) >= 11 is 0. The molecule has 6 heteroatoms. The highest BCUT2D eigenvalue weighted by Gasteiger charge is 2.25. The van der Waals surface area contributed by atoms with Crippen molar-refractivity contribution in [3.05, 3.63) is 77.4 Å². The number of nitrogens with zero attached hydrogens (tertiary/aromatic N) is 5. The molecule has 1 aromatic heterocycles. The highest BCUT2D eigenvalue weighted by molar-refractivity contribution is 5.90. The van der Waals surface area contributed by atoms with Crippen molar-refractivity contribution in [3.8, 4) is 5.69 Å². The smallest absolute Gasteiger partial charge is 0.293 e. The zero-order chi connectivity index (χ0) is 19.5. The molecule has 1 fully saturated rings. The molecule has 1 amide bonds. The number of carbonyl (C=O) groups is 1. The first-order valence-electron chi connectivity index (χ1n) is 9.66. The Balaban J connectivity index is 1.38. The fourth-order valence-electron chi connectivity index (χ4n) is 3.50. The number of hydrogen-bond acceptors (Lipinski definition) is 4. The number of hydrogen-bond donors (Lipinski definition) is 0. The van der Waals surface area contributed by atoms with Gasteiger partial charge in [-0.05, 0) is 31.5 Å². The zero-order valence-electron chi connectivity index (χ0n) is 16.4. The third-order valence-corrected chi connectivity index (χ3v) is 5.15. The summed E-state index contributed by atoms with van der Waals surface area (Å²) < 4.78 is 1.72. The number of aromatic nitrogens is 3. The molecule has 28 heavy (non-hydrogen) atoms. The first-order valence-corrected chi connectivity index (χ1v) is 9.66. The van der Waals surface area contributed by atoms with Crippen molar-refractivity contribution < 1.29 is 4.79 Å². The molecule has 0 saturated carbocycles. The topological polar surface area (TPSA) is 54.3 Å². The summed E-state index contributed by atoms with van der Waals surface area (Å²) in [4.78, 5) is 21.5. The monoisotopic (exact) mass is 375 g/mol. The Kier molecular flexibility index (Phi) is 5.21. The maximum absolute atomic E-state index is 12.9. The number of aryl methyl sites for hydroxylation is 2. The molecule has 1 aliphatic rings. The lowest BCUT2D eigenvalue weighted by atomic mass is 10.1. The van der Waals surface area contributed by atoms with Crippen molar-refractivity contribution in [3.63, 3.8) is 0 Å². The molecule has 0 atom stereocenters. The van der Waals surface area contributed by atoms with Crippen molar-refractivity contribution in [2.24, 2.45) is 0 Å². The molecule has 0 bridgehead atoms. The number of piperazine rings is 1. The highest BCUT2D eigenvalue weighted by Crippen LogP contribution is 2.13. The second-order valence-corrected chi connectivity index (χ2v) is 7.28. The largest absolute Gasteiger partial charge is 0.333 e. The highest BCUT2D eigenvalue weighted by atomic mass is 16.2. The van der Waals surface area contributed by atoms with E-state index in [9.17, 15) is 4.79 Å². The van der Waals surface area contributed by atoms with Crippen LogP contribution in [-0.4, -0.2) is 56.7 Å². The van der Waals surface area contributed by atoms with Crippen molar-refractivity contribution in [2.45, 2.75) is 20.4 Å². The molecular formula is C22H25N5O. The zero-order valence-corrected chi connectivity index (χ0v) is 16.4. The standard InChI is InChI=1S/C22H25N5O/c1-17-8-10-19(11-9-17)16-25-12-14-26(15-13-25)22(28)21-23-18(2)27(24-21)20-6-4-3-5-7-20/h3-11H,12-16H2,1-2H3. The summed E-state index contributed by atoms with van der Waals surface area (Å²) in [5.41, 5.74) is 3.50. The third-order valence-electron chi connectivity index (χ3n) is 5.15. The molecule has 0 unspecified atom stereocenters. The minimum absolute atomic E-state index is 0.0900. The molecule has 0 spiro atoms. The van der Waals surface area contributed by atoms with Gasteiger partial charge in [0, 0.05) is 32.7 Å². The summed E-state index contributed by atoms with van der Waals surface area (Å²) in [5.74, 6) is 0.897. The van der Waals surface area contributed by atoms with Crippen LogP contribution in [0.3, 0.4) is 0 Å². The van der Waals surface area contributed by atoms with Crippen molar-refractivity contribution in [1.29, 1.82) is 0 Å². The minimum atomic E-state index is -0.0900. The van der Waals surface area contributed by atoms with Crippen LogP contribution in [0.5, 0.6) is 0 Å². The van der Waals surface area contributed by atoms with Gasteiger partial charge in [-0.3, -0.25) is 9.69 Å². The Morgan fingerprint density at radius 3 is 2.29 bits per heavy atom. The minimum Gasteiger partial charge on any atom is -0.333 e. The lowest BCUT2D eigenvalue weighted by Gasteiger charge is -2.34. The van der Waals surface area contributed by atoms with Gasteiger partial charge in [0.2, 0.25) is 5.82 Å². The molecule has 2 aromatic carbocycles. The van der Waals surface area contributed by atoms with E-state index in [0.717, 1.165) is 25.3 Å². The lowest BCUT2D eigenvalue weighted by Crippen LogP contribution is -2.48. The van der Waals surface area contributed by atoms with E-state index in [1.165, 1.54) is 11.1 Å². The Hall–Kier alpha value is -2.99. The van der Waals surface area contributed by atoms with E-state index >= 15 is 0 Å². The summed E-state index contributed by atoms with van der Waals surface area (Å²) in [6.45, 7) is 8.00. The summed E-state index contributed by atoms with van der Waals surface area (Å²) in [5, 5.41) is 4.45. The Morgan fingerprint density at radius 2 is 1.61 bits per heavy atom. The third kappa shape index (κ3) is 3.97. The van der Waals surface area contributed by atoms with Gasteiger partial charge >= 0.3 is 0 Å². The van der Waals surface area contributed by atoms with Gasteiger partial charge in [0.15, 0.2) is 0 Å². The van der Waals surface area contributed by atoms with Crippen LogP contribution in [0.2, 0.25) is 0 Å². The van der Waals surface area contributed by atoms with Crippen molar-refractivity contribution in [1.82, 2.24) is 24.6 Å². The molecule has 4 rings (SSSR count). The van der Waals surface area contributed by atoms with E-state index in [2.05, 4.69) is 46.2 Å². The van der Waals surface area contributed by atoms with Crippen LogP contribution >= 0.6 is 0 Å². The Morgan fingerprint density at radius 1 is 0.929 bits per heavy atom. The molecule has 1 saturated heterocycles. The van der Waals surface area contributed by atoms with E-state index < -0.39 is 0 Å². The van der Waals surface area contributed by atoms with Crippen molar-refractivity contribution in [2.75, 3.05) is 26.2 Å². The van der Waals surface area contributed by atoms with Crippen LogP contribution in [0.25, 0.3) is 5.69 Å². The number of carbonyl (C=O) groups excluding carboxylic acids is 1. The Labute approximate surface area is 165 Å². The predicted molar refractivity (Wildman–Crippen MR) is 108 cm³/mol. The number of para-hydroxylation sites is 1. The SMILES string of the molecule is Cc1ccc(CN2CCN(C(=O)c3nc(C)n(-c4ccccc4)n3)CC2)cc1. The van der Waals surface area contributed by atoms with Crippen LogP contribution < -0.4 is 0 Å². The second-order valence-electron chi connectivity index (χ2n) is 7.28. The summed E-state index contributed by atoms with van der Waals surface area (Å²) in [6.07, 6.45) is 0.